The number of nitrogens with one attached hydrogen (secondary N) is 1. The van der Waals surface area contributed by atoms with Crippen LogP contribution in [-0.2, 0) is 0 Å². The summed E-state index contributed by atoms with van der Waals surface area (Å²) in [4.78, 5) is 0. The lowest BCUT2D eigenvalue weighted by Gasteiger charge is -2.15. The van der Waals surface area contributed by atoms with Crippen molar-refractivity contribution in [2.75, 3.05) is 6.54 Å². The summed E-state index contributed by atoms with van der Waals surface area (Å²) >= 11 is 0. The summed E-state index contributed by atoms with van der Waals surface area (Å²) in [6.45, 7) is 0.818. The van der Waals surface area contributed by atoms with E-state index in [4.69, 9.17) is 10.2 Å². The zero-order valence-electron chi connectivity index (χ0n) is 8.41. The van der Waals surface area contributed by atoms with Crippen LogP contribution in [-0.4, -0.2) is 12.6 Å². The van der Waals surface area contributed by atoms with Crippen molar-refractivity contribution in [2.24, 2.45) is 5.73 Å². The molecule has 0 radical (unpaired) electrons. The van der Waals surface area contributed by atoms with Gasteiger partial charge in [0.25, 0.3) is 0 Å². The highest BCUT2D eigenvalue weighted by Gasteiger charge is 2.16. The third-order valence-electron chi connectivity index (χ3n) is 2.89. The van der Waals surface area contributed by atoms with Gasteiger partial charge in [-0.15, -0.1) is 0 Å². The quantitative estimate of drug-likeness (QED) is 0.768. The van der Waals surface area contributed by atoms with Gasteiger partial charge in [-0.1, -0.05) is 12.8 Å². The molecule has 1 atom stereocenters. The molecule has 3 nitrogen and oxygen atoms in total. The van der Waals surface area contributed by atoms with E-state index in [1.807, 2.05) is 12.1 Å². The fourth-order valence-corrected chi connectivity index (χ4v) is 2.03. The first kappa shape index (κ1) is 9.74. The molecule has 1 aliphatic rings. The van der Waals surface area contributed by atoms with E-state index in [1.165, 1.54) is 25.7 Å². The molecule has 3 N–H and O–H groups in total. The summed E-state index contributed by atoms with van der Waals surface area (Å²) in [6.07, 6.45) is 6.97. The lowest BCUT2D eigenvalue weighted by atomic mass is 10.2. The molecule has 2 rings (SSSR count). The molecule has 1 unspecified atom stereocenters. The summed E-state index contributed by atoms with van der Waals surface area (Å²) in [7, 11) is 0. The van der Waals surface area contributed by atoms with Crippen LogP contribution < -0.4 is 11.1 Å². The molecule has 1 saturated carbocycles. The molecule has 1 aromatic heterocycles. The zero-order chi connectivity index (χ0) is 9.80. The van der Waals surface area contributed by atoms with Crippen LogP contribution in [0.3, 0.4) is 0 Å². The van der Waals surface area contributed by atoms with Crippen LogP contribution in [0.4, 0.5) is 0 Å². The fourth-order valence-electron chi connectivity index (χ4n) is 2.03. The molecule has 0 spiro atoms. The number of rotatable bonds is 4. The van der Waals surface area contributed by atoms with Gasteiger partial charge in [0.1, 0.15) is 5.76 Å². The SMILES string of the molecule is NC(CNC1CCCC1)c1ccco1. The lowest BCUT2D eigenvalue weighted by Crippen LogP contribution is -2.33. The average Bonchev–Trinajstić information content (AvgIpc) is 2.87. The second-order valence-corrected chi connectivity index (χ2v) is 4.01. The molecule has 0 saturated heterocycles. The second-order valence-electron chi connectivity index (χ2n) is 4.01. The summed E-state index contributed by atoms with van der Waals surface area (Å²) < 4.78 is 5.25. The molecular weight excluding hydrogens is 176 g/mol. The maximum atomic E-state index is 5.96. The van der Waals surface area contributed by atoms with Gasteiger partial charge < -0.3 is 15.5 Å². The van der Waals surface area contributed by atoms with Gasteiger partial charge in [-0.2, -0.15) is 0 Å². The van der Waals surface area contributed by atoms with Crippen LogP contribution in [0.1, 0.15) is 37.5 Å². The highest BCUT2D eigenvalue weighted by molar-refractivity contribution is 5.04. The predicted octanol–water partition coefficient (Wildman–Crippen LogP) is 1.81. The first-order valence-electron chi connectivity index (χ1n) is 5.38. The minimum atomic E-state index is -0.00870. The molecule has 1 heterocycles. The smallest absolute Gasteiger partial charge is 0.121 e. The Labute approximate surface area is 84.7 Å². The highest BCUT2D eigenvalue weighted by Crippen LogP contribution is 2.18. The maximum absolute atomic E-state index is 5.96. The Hall–Kier alpha value is -0.800. The van der Waals surface area contributed by atoms with E-state index in [9.17, 15) is 0 Å². The molecule has 1 aromatic rings. The van der Waals surface area contributed by atoms with Crippen molar-refractivity contribution in [3.05, 3.63) is 24.2 Å². The predicted molar refractivity (Wildman–Crippen MR) is 55.9 cm³/mol. The van der Waals surface area contributed by atoms with Gasteiger partial charge in [-0.05, 0) is 25.0 Å². The topological polar surface area (TPSA) is 51.2 Å². The Morgan fingerprint density at radius 3 is 2.93 bits per heavy atom. The molecule has 0 bridgehead atoms. The van der Waals surface area contributed by atoms with Crippen molar-refractivity contribution in [2.45, 2.75) is 37.8 Å². The number of nitrogens with two attached hydrogens (primary N) is 1. The van der Waals surface area contributed by atoms with Gasteiger partial charge in [-0.25, -0.2) is 0 Å². The first-order chi connectivity index (χ1) is 6.86. The van der Waals surface area contributed by atoms with Crippen LogP contribution in [0.5, 0.6) is 0 Å². The standard InChI is InChI=1S/C11H18N2O/c12-10(11-6-3-7-14-11)8-13-9-4-1-2-5-9/h3,6-7,9-10,13H,1-2,4-5,8,12H2. The van der Waals surface area contributed by atoms with Crippen LogP contribution >= 0.6 is 0 Å². The molecule has 3 heteroatoms. The number of hydrogen-bond acceptors (Lipinski definition) is 3. The van der Waals surface area contributed by atoms with Crippen molar-refractivity contribution in [3.63, 3.8) is 0 Å². The van der Waals surface area contributed by atoms with Crippen molar-refractivity contribution in [3.8, 4) is 0 Å². The van der Waals surface area contributed by atoms with Crippen LogP contribution in [0, 0.1) is 0 Å². The molecular formula is C11H18N2O. The third kappa shape index (κ3) is 2.36. The fraction of sp³-hybridized carbons (Fsp3) is 0.636. The van der Waals surface area contributed by atoms with E-state index in [-0.39, 0.29) is 6.04 Å². The van der Waals surface area contributed by atoms with Crippen LogP contribution in [0.25, 0.3) is 0 Å². The van der Waals surface area contributed by atoms with Gasteiger partial charge in [0, 0.05) is 12.6 Å². The Morgan fingerprint density at radius 1 is 1.50 bits per heavy atom. The van der Waals surface area contributed by atoms with E-state index in [0.717, 1.165) is 12.3 Å². The molecule has 14 heavy (non-hydrogen) atoms. The summed E-state index contributed by atoms with van der Waals surface area (Å²) in [6, 6.07) is 4.48. The highest BCUT2D eigenvalue weighted by atomic mass is 16.3. The summed E-state index contributed by atoms with van der Waals surface area (Å²) in [5, 5.41) is 3.48. The molecule has 1 aliphatic carbocycles. The molecule has 1 fully saturated rings. The first-order valence-corrected chi connectivity index (χ1v) is 5.38. The second kappa shape index (κ2) is 4.62. The largest absolute Gasteiger partial charge is 0.468 e. The van der Waals surface area contributed by atoms with E-state index in [1.54, 1.807) is 6.26 Å². The van der Waals surface area contributed by atoms with Crippen molar-refractivity contribution in [1.29, 1.82) is 0 Å². The molecule has 0 aliphatic heterocycles. The van der Waals surface area contributed by atoms with Gasteiger partial charge in [0.15, 0.2) is 0 Å². The van der Waals surface area contributed by atoms with E-state index < -0.39 is 0 Å². The lowest BCUT2D eigenvalue weighted by molar-refractivity contribution is 0.426. The van der Waals surface area contributed by atoms with Gasteiger partial charge >= 0.3 is 0 Å². The minimum Gasteiger partial charge on any atom is -0.468 e. The van der Waals surface area contributed by atoms with Gasteiger partial charge in [0.05, 0.1) is 12.3 Å². The van der Waals surface area contributed by atoms with Crippen molar-refractivity contribution < 1.29 is 4.42 Å². The normalized spacial score (nSPS) is 20.1. The zero-order valence-corrected chi connectivity index (χ0v) is 8.41. The molecule has 78 valence electrons. The summed E-state index contributed by atoms with van der Waals surface area (Å²) in [5.41, 5.74) is 5.96. The van der Waals surface area contributed by atoms with E-state index in [0.29, 0.717) is 6.04 Å². The van der Waals surface area contributed by atoms with Gasteiger partial charge in [0.2, 0.25) is 0 Å². The van der Waals surface area contributed by atoms with Crippen molar-refractivity contribution in [1.82, 2.24) is 5.32 Å². The Balaban J connectivity index is 1.74. The third-order valence-corrected chi connectivity index (χ3v) is 2.89. The molecule has 0 aromatic carbocycles. The Kier molecular flexibility index (Phi) is 3.22. The average molecular weight is 194 g/mol. The van der Waals surface area contributed by atoms with E-state index in [2.05, 4.69) is 5.32 Å². The molecule has 0 amide bonds. The van der Waals surface area contributed by atoms with E-state index >= 15 is 0 Å². The number of hydrogen-bond donors (Lipinski definition) is 2. The monoisotopic (exact) mass is 194 g/mol. The van der Waals surface area contributed by atoms with Crippen molar-refractivity contribution >= 4 is 0 Å². The van der Waals surface area contributed by atoms with Crippen LogP contribution in [0.2, 0.25) is 0 Å². The number of furan rings is 1. The van der Waals surface area contributed by atoms with Crippen LogP contribution in [0.15, 0.2) is 22.8 Å². The minimum absolute atomic E-state index is 0.00870. The Morgan fingerprint density at radius 2 is 2.29 bits per heavy atom. The Bertz CT molecular complexity index is 252. The van der Waals surface area contributed by atoms with Gasteiger partial charge in [-0.3, -0.25) is 0 Å². The maximum Gasteiger partial charge on any atom is 0.121 e. The summed E-state index contributed by atoms with van der Waals surface area (Å²) in [5.74, 6) is 0.871.